The van der Waals surface area contributed by atoms with Crippen LogP contribution in [0.5, 0.6) is 0 Å². The second-order valence-electron chi connectivity index (χ2n) is 9.01. The molecule has 3 aliphatic rings. The third-order valence-electron chi connectivity index (χ3n) is 7.25. The summed E-state index contributed by atoms with van der Waals surface area (Å²) in [6, 6.07) is 9.15. The van der Waals surface area contributed by atoms with Crippen molar-refractivity contribution in [3.8, 4) is 0 Å². The maximum absolute atomic E-state index is 12.8. The third-order valence-corrected chi connectivity index (χ3v) is 7.25. The number of likely N-dealkylation sites (tertiary alicyclic amines) is 1. The summed E-state index contributed by atoms with van der Waals surface area (Å²) in [5.74, 6) is 1.78. The molecule has 2 aliphatic heterocycles. The smallest absolute Gasteiger partial charge is 0.225 e. The van der Waals surface area contributed by atoms with E-state index in [1.54, 1.807) is 0 Å². The number of hydrogen-bond acceptors (Lipinski definition) is 2. The van der Waals surface area contributed by atoms with E-state index in [2.05, 4.69) is 48.3 Å². The zero-order valence-electron chi connectivity index (χ0n) is 16.7. The van der Waals surface area contributed by atoms with E-state index in [-0.39, 0.29) is 17.4 Å². The van der Waals surface area contributed by atoms with Crippen molar-refractivity contribution in [3.05, 3.63) is 35.4 Å². The molecule has 2 heterocycles. The zero-order chi connectivity index (χ0) is 19.0. The minimum atomic E-state index is -0.0485. The van der Waals surface area contributed by atoms with Crippen LogP contribution in [0.15, 0.2) is 24.3 Å². The molecule has 3 fully saturated rings. The molecule has 2 saturated heterocycles. The van der Waals surface area contributed by atoms with Crippen LogP contribution in [0.4, 0.5) is 0 Å². The van der Waals surface area contributed by atoms with Crippen LogP contribution in [0.1, 0.15) is 81.8 Å². The first-order valence-corrected chi connectivity index (χ1v) is 10.7. The van der Waals surface area contributed by atoms with Gasteiger partial charge in [-0.15, -0.1) is 0 Å². The predicted octanol–water partition coefficient (Wildman–Crippen LogP) is 3.96. The molecule has 27 heavy (non-hydrogen) atoms. The molecule has 1 saturated carbocycles. The summed E-state index contributed by atoms with van der Waals surface area (Å²) in [4.78, 5) is 26.3. The molecule has 1 aliphatic carbocycles. The van der Waals surface area contributed by atoms with Crippen molar-refractivity contribution in [1.82, 2.24) is 10.2 Å². The van der Waals surface area contributed by atoms with Gasteiger partial charge >= 0.3 is 0 Å². The minimum absolute atomic E-state index is 0.0485. The van der Waals surface area contributed by atoms with E-state index >= 15 is 0 Å². The number of nitrogens with zero attached hydrogens (tertiary/aromatic N) is 1. The molecule has 1 spiro atoms. The summed E-state index contributed by atoms with van der Waals surface area (Å²) in [7, 11) is 0. The summed E-state index contributed by atoms with van der Waals surface area (Å²) in [6.45, 7) is 6.25. The number of benzene rings is 1. The average Bonchev–Trinajstić information content (AvgIpc) is 3.08. The maximum atomic E-state index is 12.8. The lowest BCUT2D eigenvalue weighted by atomic mass is 9.67. The van der Waals surface area contributed by atoms with Gasteiger partial charge in [0.15, 0.2) is 0 Å². The molecule has 4 heteroatoms. The van der Waals surface area contributed by atoms with Crippen LogP contribution < -0.4 is 5.32 Å². The van der Waals surface area contributed by atoms with Crippen LogP contribution in [-0.4, -0.2) is 35.3 Å². The van der Waals surface area contributed by atoms with Gasteiger partial charge in [0, 0.05) is 31.0 Å². The van der Waals surface area contributed by atoms with Crippen LogP contribution in [0.2, 0.25) is 0 Å². The number of carbonyl (C=O) groups excluding carboxylic acids is 2. The summed E-state index contributed by atoms with van der Waals surface area (Å²) in [5, 5.41) is 3.09. The Balaban J connectivity index is 1.28. The molecule has 0 unspecified atom stereocenters. The molecule has 4 nitrogen and oxygen atoms in total. The van der Waals surface area contributed by atoms with Gasteiger partial charge in [0.1, 0.15) is 0 Å². The van der Waals surface area contributed by atoms with E-state index in [0.717, 1.165) is 45.2 Å². The molecule has 0 aromatic heterocycles. The Hall–Kier alpha value is -1.84. The van der Waals surface area contributed by atoms with Crippen LogP contribution in [0, 0.1) is 5.92 Å². The van der Waals surface area contributed by atoms with E-state index in [1.165, 1.54) is 17.5 Å². The van der Waals surface area contributed by atoms with E-state index in [9.17, 15) is 9.59 Å². The fraction of sp³-hybridized carbons (Fsp3) is 0.652. The number of rotatable bonds is 4. The topological polar surface area (TPSA) is 49.4 Å². The lowest BCUT2D eigenvalue weighted by Gasteiger charge is -2.46. The van der Waals surface area contributed by atoms with E-state index in [0.29, 0.717) is 24.2 Å². The van der Waals surface area contributed by atoms with Crippen LogP contribution in [-0.2, 0) is 9.59 Å². The number of carbonyl (C=O) groups is 2. The first-order valence-electron chi connectivity index (χ1n) is 10.7. The maximum Gasteiger partial charge on any atom is 0.225 e. The summed E-state index contributed by atoms with van der Waals surface area (Å²) in [6.07, 6.45) is 6.51. The van der Waals surface area contributed by atoms with Crippen molar-refractivity contribution < 1.29 is 9.59 Å². The lowest BCUT2D eigenvalue weighted by molar-refractivity contribution is -0.142. The average molecular weight is 369 g/mol. The third kappa shape index (κ3) is 3.63. The van der Waals surface area contributed by atoms with Gasteiger partial charge in [-0.3, -0.25) is 9.59 Å². The minimum Gasteiger partial charge on any atom is -0.351 e. The van der Waals surface area contributed by atoms with Crippen molar-refractivity contribution in [3.63, 3.8) is 0 Å². The van der Waals surface area contributed by atoms with Gasteiger partial charge in [0.05, 0.1) is 0 Å². The molecule has 0 bridgehead atoms. The van der Waals surface area contributed by atoms with Crippen LogP contribution >= 0.6 is 0 Å². The first-order chi connectivity index (χ1) is 13.0. The van der Waals surface area contributed by atoms with Gasteiger partial charge in [0.2, 0.25) is 11.8 Å². The number of hydrogen-bond donors (Lipinski definition) is 1. The Morgan fingerprint density at radius 1 is 1.22 bits per heavy atom. The van der Waals surface area contributed by atoms with Gasteiger partial charge in [-0.05, 0) is 61.5 Å². The molecular weight excluding hydrogens is 336 g/mol. The Labute approximate surface area is 162 Å². The van der Waals surface area contributed by atoms with Gasteiger partial charge in [-0.2, -0.15) is 0 Å². The monoisotopic (exact) mass is 368 g/mol. The molecular formula is C23H32N2O2. The van der Waals surface area contributed by atoms with Crippen LogP contribution in [0.25, 0.3) is 0 Å². The van der Waals surface area contributed by atoms with Crippen molar-refractivity contribution >= 4 is 11.8 Å². The van der Waals surface area contributed by atoms with Gasteiger partial charge in [0.25, 0.3) is 0 Å². The van der Waals surface area contributed by atoms with Gasteiger partial charge in [-0.25, -0.2) is 0 Å². The Morgan fingerprint density at radius 3 is 2.44 bits per heavy atom. The molecule has 2 amide bonds. The molecule has 1 aromatic rings. The Kier molecular flexibility index (Phi) is 5.00. The number of piperidine rings is 1. The number of amides is 2. The molecule has 4 rings (SSSR count). The normalized spacial score (nSPS) is 29.5. The molecule has 0 radical (unpaired) electrons. The lowest BCUT2D eigenvalue weighted by Crippen LogP contribution is -2.57. The standard InChI is InChI=1S/C23H32N2O2/c1-3-16(2)17-4-6-18(7-5-17)19-9-12-25(13-10-19)22(27)20-14-23(15-20)11-8-21(26)24-23/h4-7,16,19-20H,3,8-15H2,1-2H3,(H,24,26)/t16-,20?,23?/m1/s1. The van der Waals surface area contributed by atoms with Crippen molar-refractivity contribution in [2.24, 2.45) is 5.92 Å². The summed E-state index contributed by atoms with van der Waals surface area (Å²) in [5.41, 5.74) is 2.80. The highest BCUT2D eigenvalue weighted by atomic mass is 16.2. The molecule has 1 N–H and O–H groups in total. The Morgan fingerprint density at radius 2 is 1.89 bits per heavy atom. The van der Waals surface area contributed by atoms with E-state index in [1.807, 2.05) is 0 Å². The van der Waals surface area contributed by atoms with E-state index < -0.39 is 0 Å². The molecule has 146 valence electrons. The second-order valence-corrected chi connectivity index (χ2v) is 9.01. The van der Waals surface area contributed by atoms with Gasteiger partial charge < -0.3 is 10.2 Å². The highest BCUT2D eigenvalue weighted by molar-refractivity contribution is 5.83. The highest BCUT2D eigenvalue weighted by Gasteiger charge is 2.51. The van der Waals surface area contributed by atoms with Gasteiger partial charge in [-0.1, -0.05) is 38.1 Å². The van der Waals surface area contributed by atoms with Crippen molar-refractivity contribution in [1.29, 1.82) is 0 Å². The molecule has 1 atom stereocenters. The SMILES string of the molecule is CC[C@@H](C)c1ccc(C2CCN(C(=O)C3CC4(CCC(=O)N4)C3)CC2)cc1. The highest BCUT2D eigenvalue weighted by Crippen LogP contribution is 2.45. The predicted molar refractivity (Wildman–Crippen MR) is 107 cm³/mol. The zero-order valence-corrected chi connectivity index (χ0v) is 16.7. The Bertz CT molecular complexity index is 698. The van der Waals surface area contributed by atoms with Crippen molar-refractivity contribution in [2.75, 3.05) is 13.1 Å². The largest absolute Gasteiger partial charge is 0.351 e. The fourth-order valence-electron chi connectivity index (χ4n) is 5.16. The van der Waals surface area contributed by atoms with Crippen molar-refractivity contribution in [2.45, 2.75) is 76.2 Å². The molecule has 1 aromatic carbocycles. The number of nitrogens with one attached hydrogen (secondary N) is 1. The fourth-order valence-corrected chi connectivity index (χ4v) is 5.16. The second kappa shape index (κ2) is 7.29. The van der Waals surface area contributed by atoms with Crippen LogP contribution in [0.3, 0.4) is 0 Å². The summed E-state index contributed by atoms with van der Waals surface area (Å²) >= 11 is 0. The van der Waals surface area contributed by atoms with E-state index in [4.69, 9.17) is 0 Å². The quantitative estimate of drug-likeness (QED) is 0.874. The first kappa shape index (κ1) is 18.5. The summed E-state index contributed by atoms with van der Waals surface area (Å²) < 4.78 is 0.